The zero-order valence-electron chi connectivity index (χ0n) is 10.2. The molecule has 94 valence electrons. The molecule has 2 rings (SSSR count). The lowest BCUT2D eigenvalue weighted by Crippen LogP contribution is -2.38. The predicted molar refractivity (Wildman–Crippen MR) is 70.3 cm³/mol. The van der Waals surface area contributed by atoms with E-state index in [0.29, 0.717) is 17.7 Å². The molecule has 1 amide bonds. The molecule has 17 heavy (non-hydrogen) atoms. The fourth-order valence-corrected chi connectivity index (χ4v) is 3.25. The molecule has 0 radical (unpaired) electrons. The third-order valence-electron chi connectivity index (χ3n) is 3.41. The third kappa shape index (κ3) is 2.70. The number of aromatic nitrogens is 2. The summed E-state index contributed by atoms with van der Waals surface area (Å²) in [6.45, 7) is 1.90. The third-order valence-corrected chi connectivity index (χ3v) is 4.24. The van der Waals surface area contributed by atoms with Gasteiger partial charge in [-0.1, -0.05) is 22.4 Å². The van der Waals surface area contributed by atoms with Gasteiger partial charge in [-0.25, -0.2) is 0 Å². The van der Waals surface area contributed by atoms with Crippen LogP contribution in [0, 0.1) is 12.8 Å². The van der Waals surface area contributed by atoms with Crippen molar-refractivity contribution in [2.45, 2.75) is 32.2 Å². The van der Waals surface area contributed by atoms with Crippen molar-refractivity contribution in [2.75, 3.05) is 5.33 Å². The lowest BCUT2D eigenvalue weighted by atomic mass is 10.1. The summed E-state index contributed by atoms with van der Waals surface area (Å²) in [5.74, 6) is 0.555. The highest BCUT2D eigenvalue weighted by Gasteiger charge is 2.28. The number of alkyl halides is 1. The van der Waals surface area contributed by atoms with Crippen LogP contribution in [0.3, 0.4) is 0 Å². The van der Waals surface area contributed by atoms with Gasteiger partial charge in [0, 0.05) is 18.4 Å². The molecule has 0 saturated heterocycles. The van der Waals surface area contributed by atoms with E-state index in [2.05, 4.69) is 26.3 Å². The van der Waals surface area contributed by atoms with E-state index in [0.717, 1.165) is 17.4 Å². The Morgan fingerprint density at radius 2 is 2.41 bits per heavy atom. The number of nitrogens with zero attached hydrogens (tertiary/aromatic N) is 2. The van der Waals surface area contributed by atoms with E-state index in [1.807, 2.05) is 13.0 Å². The predicted octanol–water partition coefficient (Wildman–Crippen LogP) is 2.02. The lowest BCUT2D eigenvalue weighted by molar-refractivity contribution is 0.0920. The van der Waals surface area contributed by atoms with E-state index in [1.165, 1.54) is 12.8 Å². The maximum Gasteiger partial charge on any atom is 0.269 e. The van der Waals surface area contributed by atoms with Gasteiger partial charge in [0.25, 0.3) is 5.91 Å². The second kappa shape index (κ2) is 5.21. The molecular formula is C12H18BrN3O. The largest absolute Gasteiger partial charge is 0.348 e. The molecule has 1 aliphatic rings. The van der Waals surface area contributed by atoms with E-state index < -0.39 is 0 Å². The van der Waals surface area contributed by atoms with Crippen molar-refractivity contribution in [3.8, 4) is 0 Å². The second-order valence-corrected chi connectivity index (χ2v) is 5.37. The monoisotopic (exact) mass is 299 g/mol. The average Bonchev–Trinajstić information content (AvgIpc) is 2.84. The summed E-state index contributed by atoms with van der Waals surface area (Å²) >= 11 is 3.51. The molecule has 4 nitrogen and oxygen atoms in total. The Balaban J connectivity index is 2.04. The Morgan fingerprint density at radius 1 is 1.65 bits per heavy atom. The van der Waals surface area contributed by atoms with Crippen molar-refractivity contribution in [2.24, 2.45) is 13.0 Å². The Bertz CT molecular complexity index is 416. The van der Waals surface area contributed by atoms with Crippen LogP contribution in [0.25, 0.3) is 0 Å². The van der Waals surface area contributed by atoms with Gasteiger partial charge in [-0.2, -0.15) is 5.10 Å². The smallest absolute Gasteiger partial charge is 0.269 e. The Kier molecular flexibility index (Phi) is 3.86. The van der Waals surface area contributed by atoms with E-state index in [4.69, 9.17) is 0 Å². The van der Waals surface area contributed by atoms with Crippen LogP contribution in [-0.2, 0) is 7.05 Å². The van der Waals surface area contributed by atoms with Crippen LogP contribution in [-0.4, -0.2) is 27.1 Å². The zero-order valence-corrected chi connectivity index (χ0v) is 11.8. The standard InChI is InChI=1S/C12H18BrN3O/c1-8-6-11(16(2)15-8)12(17)14-10-5-3-4-9(10)7-13/h6,9-10H,3-5,7H2,1-2H3,(H,14,17). The average molecular weight is 300 g/mol. The fraction of sp³-hybridized carbons (Fsp3) is 0.667. The number of carbonyl (C=O) groups is 1. The van der Waals surface area contributed by atoms with E-state index in [-0.39, 0.29) is 5.91 Å². The Labute approximate surface area is 110 Å². The molecule has 1 heterocycles. The number of amides is 1. The highest BCUT2D eigenvalue weighted by molar-refractivity contribution is 9.09. The van der Waals surface area contributed by atoms with Crippen molar-refractivity contribution >= 4 is 21.8 Å². The Morgan fingerprint density at radius 3 is 3.00 bits per heavy atom. The SMILES string of the molecule is Cc1cc(C(=O)NC2CCCC2CBr)n(C)n1. The molecule has 1 fully saturated rings. The summed E-state index contributed by atoms with van der Waals surface area (Å²) in [6.07, 6.45) is 3.48. The number of rotatable bonds is 3. The highest BCUT2D eigenvalue weighted by Crippen LogP contribution is 2.27. The number of nitrogens with one attached hydrogen (secondary N) is 1. The van der Waals surface area contributed by atoms with E-state index >= 15 is 0 Å². The first-order valence-corrected chi connectivity index (χ1v) is 7.11. The van der Waals surface area contributed by atoms with E-state index in [9.17, 15) is 4.79 Å². The van der Waals surface area contributed by atoms with Crippen molar-refractivity contribution in [3.05, 3.63) is 17.5 Å². The maximum absolute atomic E-state index is 12.1. The quantitative estimate of drug-likeness (QED) is 0.868. The molecule has 2 atom stereocenters. The molecule has 1 aliphatic carbocycles. The summed E-state index contributed by atoms with van der Waals surface area (Å²) in [4.78, 5) is 12.1. The number of halogens is 1. The first-order chi connectivity index (χ1) is 8.11. The van der Waals surface area contributed by atoms with E-state index in [1.54, 1.807) is 11.7 Å². The van der Waals surface area contributed by atoms with Gasteiger partial charge in [0.05, 0.1) is 5.69 Å². The minimum atomic E-state index is -0.00838. The highest BCUT2D eigenvalue weighted by atomic mass is 79.9. The topological polar surface area (TPSA) is 46.9 Å². The number of carbonyl (C=O) groups excluding carboxylic acids is 1. The van der Waals surface area contributed by atoms with Crippen LogP contribution >= 0.6 is 15.9 Å². The second-order valence-electron chi connectivity index (χ2n) is 4.72. The van der Waals surface area contributed by atoms with Gasteiger partial charge in [-0.05, 0) is 31.7 Å². The summed E-state index contributed by atoms with van der Waals surface area (Å²) in [6, 6.07) is 2.13. The van der Waals surface area contributed by atoms with Gasteiger partial charge in [0.15, 0.2) is 0 Å². The molecule has 2 unspecified atom stereocenters. The van der Waals surface area contributed by atoms with Gasteiger partial charge >= 0.3 is 0 Å². The van der Waals surface area contributed by atoms with Crippen LogP contribution in [0.15, 0.2) is 6.07 Å². The van der Waals surface area contributed by atoms with Crippen molar-refractivity contribution in [3.63, 3.8) is 0 Å². The number of hydrogen-bond donors (Lipinski definition) is 1. The van der Waals surface area contributed by atoms with Gasteiger partial charge in [0.2, 0.25) is 0 Å². The van der Waals surface area contributed by atoms with Crippen molar-refractivity contribution < 1.29 is 4.79 Å². The van der Waals surface area contributed by atoms with Crippen LogP contribution < -0.4 is 5.32 Å². The first-order valence-electron chi connectivity index (χ1n) is 5.99. The van der Waals surface area contributed by atoms with Crippen molar-refractivity contribution in [1.29, 1.82) is 0 Å². The minimum Gasteiger partial charge on any atom is -0.348 e. The molecule has 1 saturated carbocycles. The molecule has 0 bridgehead atoms. The van der Waals surface area contributed by atoms with Crippen LogP contribution in [0.4, 0.5) is 0 Å². The van der Waals surface area contributed by atoms with Gasteiger partial charge in [-0.3, -0.25) is 9.48 Å². The fourth-order valence-electron chi connectivity index (χ4n) is 2.48. The minimum absolute atomic E-state index is 0.00838. The molecule has 0 spiro atoms. The molecule has 1 N–H and O–H groups in total. The van der Waals surface area contributed by atoms with Crippen LogP contribution in [0.2, 0.25) is 0 Å². The molecule has 0 aromatic carbocycles. The normalized spacial score (nSPS) is 23.9. The summed E-state index contributed by atoms with van der Waals surface area (Å²) in [5, 5.41) is 8.27. The zero-order chi connectivity index (χ0) is 12.4. The Hall–Kier alpha value is -0.840. The lowest BCUT2D eigenvalue weighted by Gasteiger charge is -2.18. The maximum atomic E-state index is 12.1. The number of hydrogen-bond acceptors (Lipinski definition) is 2. The number of aryl methyl sites for hydroxylation is 2. The summed E-state index contributed by atoms with van der Waals surface area (Å²) in [7, 11) is 1.80. The molecule has 0 aliphatic heterocycles. The first kappa shape index (κ1) is 12.6. The van der Waals surface area contributed by atoms with Crippen LogP contribution in [0.5, 0.6) is 0 Å². The molecule has 5 heteroatoms. The van der Waals surface area contributed by atoms with Gasteiger partial charge < -0.3 is 5.32 Å². The molecule has 1 aromatic heterocycles. The summed E-state index contributed by atoms with van der Waals surface area (Å²) in [5.41, 5.74) is 1.52. The summed E-state index contributed by atoms with van der Waals surface area (Å²) < 4.78 is 1.64. The van der Waals surface area contributed by atoms with Crippen LogP contribution in [0.1, 0.15) is 35.4 Å². The van der Waals surface area contributed by atoms with Gasteiger partial charge in [0.1, 0.15) is 5.69 Å². The van der Waals surface area contributed by atoms with Crippen molar-refractivity contribution in [1.82, 2.24) is 15.1 Å². The van der Waals surface area contributed by atoms with Gasteiger partial charge in [-0.15, -0.1) is 0 Å². The molecular weight excluding hydrogens is 282 g/mol. The molecule has 1 aromatic rings.